The number of nitrogens with one attached hydrogen (secondary N) is 3. The van der Waals surface area contributed by atoms with Crippen molar-refractivity contribution in [2.45, 2.75) is 82.8 Å². The highest BCUT2D eigenvalue weighted by molar-refractivity contribution is 5.91. The Balaban J connectivity index is 2.76. The van der Waals surface area contributed by atoms with E-state index in [1.807, 2.05) is 0 Å². The van der Waals surface area contributed by atoms with Crippen LogP contribution >= 0.6 is 0 Å². The van der Waals surface area contributed by atoms with E-state index in [0.717, 1.165) is 32.1 Å². The van der Waals surface area contributed by atoms with Crippen molar-refractivity contribution < 1.29 is 29.0 Å². The van der Waals surface area contributed by atoms with Gasteiger partial charge in [-0.05, 0) is 45.1 Å². The molecule has 6 N–H and O–H groups in total. The summed E-state index contributed by atoms with van der Waals surface area (Å²) in [5, 5.41) is 16.9. The fraction of sp³-hybridized carbons (Fsp3) is 0.800. The fourth-order valence-corrected chi connectivity index (χ4v) is 3.65. The second kappa shape index (κ2) is 13.8. The molecule has 0 unspecified atom stereocenters. The molecule has 30 heavy (non-hydrogen) atoms. The lowest BCUT2D eigenvalue weighted by atomic mass is 9.84. The van der Waals surface area contributed by atoms with Crippen LogP contribution in [0.5, 0.6) is 0 Å². The number of carbonyl (C=O) groups excluding carboxylic acids is 3. The van der Waals surface area contributed by atoms with Crippen LogP contribution in [0, 0.1) is 5.92 Å². The topological polar surface area (TPSA) is 160 Å². The Morgan fingerprint density at radius 3 is 2.23 bits per heavy atom. The molecule has 10 heteroatoms. The summed E-state index contributed by atoms with van der Waals surface area (Å²) in [6.07, 6.45) is 7.15. The molecule has 0 aromatic rings. The second-order valence-corrected chi connectivity index (χ2v) is 7.84. The molecule has 0 spiro atoms. The van der Waals surface area contributed by atoms with Crippen LogP contribution in [0.15, 0.2) is 0 Å². The summed E-state index contributed by atoms with van der Waals surface area (Å²) in [6, 6.07) is -3.52. The third kappa shape index (κ3) is 9.43. The van der Waals surface area contributed by atoms with Gasteiger partial charge < -0.3 is 31.5 Å². The van der Waals surface area contributed by atoms with Crippen LogP contribution in [0.1, 0.15) is 64.7 Å². The van der Waals surface area contributed by atoms with Gasteiger partial charge in [0, 0.05) is 0 Å². The summed E-state index contributed by atoms with van der Waals surface area (Å²) in [7, 11) is 1.23. The molecule has 1 saturated carbocycles. The number of esters is 1. The molecule has 0 saturated heterocycles. The van der Waals surface area contributed by atoms with Crippen molar-refractivity contribution in [1.29, 1.82) is 0 Å². The van der Waals surface area contributed by atoms with Crippen LogP contribution in [0.25, 0.3) is 0 Å². The Morgan fingerprint density at radius 2 is 1.67 bits per heavy atom. The van der Waals surface area contributed by atoms with E-state index in [1.54, 1.807) is 0 Å². The number of carboxylic acids is 1. The average molecular weight is 429 g/mol. The predicted octanol–water partition coefficient (Wildman–Crippen LogP) is 0.885. The van der Waals surface area contributed by atoms with Crippen molar-refractivity contribution in [3.8, 4) is 0 Å². The summed E-state index contributed by atoms with van der Waals surface area (Å²) in [5.74, 6) is -1.95. The number of carboxylic acid groups (broad SMARTS) is 1. The molecule has 1 fully saturated rings. The maximum absolute atomic E-state index is 12.7. The number of nitrogens with two attached hydrogens (primary N) is 1. The first-order chi connectivity index (χ1) is 14.3. The minimum absolute atomic E-state index is 0.249. The molecule has 0 bridgehead atoms. The highest BCUT2D eigenvalue weighted by atomic mass is 16.5. The average Bonchev–Trinajstić information content (AvgIpc) is 2.72. The number of amides is 3. The standard InChI is InChI=1S/C20H36N4O6/c1-13(19(28)30-2)22-17(25)16(12-14-8-4-3-5-9-14)24-20(29)23-15(18(26)27)10-6-7-11-21/h13-16H,3-12,21H2,1-2H3,(H,22,25)(H,26,27)(H2,23,24,29)/t13-,15+,16-/m1/s1. The summed E-state index contributed by atoms with van der Waals surface area (Å²) >= 11 is 0. The first-order valence-electron chi connectivity index (χ1n) is 10.7. The summed E-state index contributed by atoms with van der Waals surface area (Å²) in [6.45, 7) is 1.94. The normalized spacial score (nSPS) is 17.3. The van der Waals surface area contributed by atoms with E-state index in [9.17, 15) is 24.3 Å². The fourth-order valence-electron chi connectivity index (χ4n) is 3.65. The minimum atomic E-state index is -1.14. The Kier molecular flexibility index (Phi) is 11.8. The monoisotopic (exact) mass is 428 g/mol. The molecule has 172 valence electrons. The number of methoxy groups -OCH3 is 1. The third-order valence-corrected chi connectivity index (χ3v) is 5.38. The van der Waals surface area contributed by atoms with Gasteiger partial charge in [0.25, 0.3) is 0 Å². The van der Waals surface area contributed by atoms with Crippen LogP contribution < -0.4 is 21.7 Å². The van der Waals surface area contributed by atoms with Crippen LogP contribution in [0.2, 0.25) is 0 Å². The van der Waals surface area contributed by atoms with E-state index < -0.39 is 42.0 Å². The lowest BCUT2D eigenvalue weighted by Crippen LogP contribution is -2.55. The van der Waals surface area contributed by atoms with E-state index in [0.29, 0.717) is 25.8 Å². The molecule has 1 aliphatic rings. The number of aliphatic carboxylic acids is 1. The van der Waals surface area contributed by atoms with Crippen molar-refractivity contribution in [3.63, 3.8) is 0 Å². The number of hydrogen-bond donors (Lipinski definition) is 5. The minimum Gasteiger partial charge on any atom is -0.480 e. The summed E-state index contributed by atoms with van der Waals surface area (Å²) in [5.41, 5.74) is 5.43. The van der Waals surface area contributed by atoms with Crippen molar-refractivity contribution in [1.82, 2.24) is 16.0 Å². The van der Waals surface area contributed by atoms with E-state index in [4.69, 9.17) is 5.73 Å². The zero-order chi connectivity index (χ0) is 22.5. The van der Waals surface area contributed by atoms with Crippen LogP contribution in [-0.2, 0) is 19.1 Å². The Hall–Kier alpha value is -2.36. The molecule has 0 aliphatic heterocycles. The van der Waals surface area contributed by atoms with E-state index in [-0.39, 0.29) is 12.3 Å². The van der Waals surface area contributed by atoms with Gasteiger partial charge in [-0.1, -0.05) is 32.1 Å². The zero-order valence-electron chi connectivity index (χ0n) is 17.9. The molecular formula is C20H36N4O6. The largest absolute Gasteiger partial charge is 0.480 e. The number of carbonyl (C=O) groups is 4. The number of ether oxygens (including phenoxy) is 1. The van der Waals surface area contributed by atoms with Gasteiger partial charge in [-0.3, -0.25) is 4.79 Å². The van der Waals surface area contributed by atoms with Gasteiger partial charge in [0.2, 0.25) is 5.91 Å². The van der Waals surface area contributed by atoms with Crippen LogP contribution in [0.3, 0.4) is 0 Å². The van der Waals surface area contributed by atoms with Gasteiger partial charge >= 0.3 is 18.0 Å². The molecule has 0 radical (unpaired) electrons. The van der Waals surface area contributed by atoms with Crippen molar-refractivity contribution in [3.05, 3.63) is 0 Å². The molecule has 0 aromatic carbocycles. The van der Waals surface area contributed by atoms with E-state index >= 15 is 0 Å². The number of hydrogen-bond acceptors (Lipinski definition) is 6. The van der Waals surface area contributed by atoms with E-state index in [1.165, 1.54) is 14.0 Å². The second-order valence-electron chi connectivity index (χ2n) is 7.84. The lowest BCUT2D eigenvalue weighted by Gasteiger charge is -2.27. The number of unbranched alkanes of at least 4 members (excludes halogenated alkanes) is 1. The lowest BCUT2D eigenvalue weighted by molar-refractivity contribution is -0.144. The maximum Gasteiger partial charge on any atom is 0.328 e. The Labute approximate surface area is 177 Å². The van der Waals surface area contributed by atoms with Gasteiger partial charge in [0.05, 0.1) is 7.11 Å². The SMILES string of the molecule is COC(=O)[C@@H](C)NC(=O)[C@@H](CC1CCCCC1)NC(=O)N[C@@H](CCCCN)C(=O)O. The smallest absolute Gasteiger partial charge is 0.328 e. The Morgan fingerprint density at radius 1 is 1.03 bits per heavy atom. The molecule has 0 aromatic heterocycles. The molecule has 3 amide bonds. The van der Waals surface area contributed by atoms with Crippen molar-refractivity contribution in [2.75, 3.05) is 13.7 Å². The van der Waals surface area contributed by atoms with Gasteiger partial charge in [0.1, 0.15) is 18.1 Å². The predicted molar refractivity (Wildman–Crippen MR) is 111 cm³/mol. The zero-order valence-corrected chi connectivity index (χ0v) is 17.9. The van der Waals surface area contributed by atoms with Crippen molar-refractivity contribution in [2.24, 2.45) is 11.7 Å². The molecule has 1 rings (SSSR count). The summed E-state index contributed by atoms with van der Waals surface area (Å²) in [4.78, 5) is 48.2. The molecule has 3 atom stereocenters. The molecule has 10 nitrogen and oxygen atoms in total. The van der Waals surface area contributed by atoms with Gasteiger partial charge in [-0.15, -0.1) is 0 Å². The van der Waals surface area contributed by atoms with Crippen LogP contribution in [-0.4, -0.2) is 60.8 Å². The first kappa shape index (κ1) is 25.7. The maximum atomic E-state index is 12.7. The Bertz CT molecular complexity index is 580. The van der Waals surface area contributed by atoms with Gasteiger partial charge in [0.15, 0.2) is 0 Å². The van der Waals surface area contributed by atoms with Gasteiger partial charge in [-0.2, -0.15) is 0 Å². The van der Waals surface area contributed by atoms with Crippen LogP contribution in [0.4, 0.5) is 4.79 Å². The highest BCUT2D eigenvalue weighted by Gasteiger charge is 2.29. The number of rotatable bonds is 12. The third-order valence-electron chi connectivity index (χ3n) is 5.38. The molecular weight excluding hydrogens is 392 g/mol. The molecule has 0 heterocycles. The van der Waals surface area contributed by atoms with Crippen molar-refractivity contribution >= 4 is 23.9 Å². The molecule has 1 aliphatic carbocycles. The number of urea groups is 1. The van der Waals surface area contributed by atoms with E-state index in [2.05, 4.69) is 20.7 Å². The van der Waals surface area contributed by atoms with Gasteiger partial charge in [-0.25, -0.2) is 14.4 Å². The quantitative estimate of drug-likeness (QED) is 0.228. The highest BCUT2D eigenvalue weighted by Crippen LogP contribution is 2.27. The summed E-state index contributed by atoms with van der Waals surface area (Å²) < 4.78 is 4.62. The first-order valence-corrected chi connectivity index (χ1v) is 10.7.